The average Bonchev–Trinajstić information content (AvgIpc) is 2.77. The number of hydrogen-bond acceptors (Lipinski definition) is 4. The highest BCUT2D eigenvalue weighted by molar-refractivity contribution is 5.96. The normalized spacial score (nSPS) is 10.2. The Balaban J connectivity index is 2.06. The van der Waals surface area contributed by atoms with E-state index in [1.807, 2.05) is 29.1 Å². The molecule has 0 fully saturated rings. The van der Waals surface area contributed by atoms with Crippen LogP contribution in [0.15, 0.2) is 24.5 Å². The summed E-state index contributed by atoms with van der Waals surface area (Å²) in [6.45, 7) is 3.10. The molecule has 0 aliphatic carbocycles. The van der Waals surface area contributed by atoms with Crippen LogP contribution in [0, 0.1) is 0 Å². The molecule has 0 N–H and O–H groups in total. The molecule has 0 radical (unpaired) electrons. The molecule has 0 saturated carbocycles. The Morgan fingerprint density at radius 3 is 2.59 bits per heavy atom. The molecule has 17 heavy (non-hydrogen) atoms. The fourth-order valence-electron chi connectivity index (χ4n) is 1.30. The lowest BCUT2D eigenvalue weighted by atomic mass is 10.3. The van der Waals surface area contributed by atoms with Crippen LogP contribution in [0.3, 0.4) is 0 Å². The van der Waals surface area contributed by atoms with Gasteiger partial charge >= 0.3 is 5.97 Å². The lowest BCUT2D eigenvalue weighted by molar-refractivity contribution is -0.146. The Hall–Kier alpha value is -1.62. The molecule has 5 heteroatoms. The van der Waals surface area contributed by atoms with E-state index in [4.69, 9.17) is 4.74 Å². The summed E-state index contributed by atoms with van der Waals surface area (Å²) in [5, 5.41) is 0. The number of Topliss-reactive ketones (excluding diaryl/α,β-unsaturated/α-hetero) is 1. The van der Waals surface area contributed by atoms with Crippen LogP contribution in [-0.2, 0) is 25.6 Å². The summed E-state index contributed by atoms with van der Waals surface area (Å²) >= 11 is 0. The van der Waals surface area contributed by atoms with Crippen molar-refractivity contribution in [1.82, 2.24) is 4.57 Å². The molecule has 0 spiro atoms. The van der Waals surface area contributed by atoms with Gasteiger partial charge in [0.2, 0.25) is 0 Å². The SMILES string of the molecule is CCOC(=O)CC(=O)COCCn1cccc1. The van der Waals surface area contributed by atoms with Gasteiger partial charge in [-0.05, 0) is 19.1 Å². The zero-order chi connectivity index (χ0) is 12.5. The van der Waals surface area contributed by atoms with Gasteiger partial charge in [0.25, 0.3) is 0 Å². The molecule has 0 aliphatic rings. The lowest BCUT2D eigenvalue weighted by Crippen LogP contribution is -2.17. The molecule has 94 valence electrons. The van der Waals surface area contributed by atoms with Gasteiger partial charge in [0, 0.05) is 18.9 Å². The summed E-state index contributed by atoms with van der Waals surface area (Å²) in [5.74, 6) is -0.748. The van der Waals surface area contributed by atoms with Crippen molar-refractivity contribution in [2.75, 3.05) is 19.8 Å². The summed E-state index contributed by atoms with van der Waals surface area (Å²) < 4.78 is 11.8. The van der Waals surface area contributed by atoms with Crippen molar-refractivity contribution in [2.24, 2.45) is 0 Å². The number of nitrogens with zero attached hydrogens (tertiary/aromatic N) is 1. The molecule has 1 heterocycles. The third kappa shape index (κ3) is 5.87. The minimum atomic E-state index is -0.494. The zero-order valence-electron chi connectivity index (χ0n) is 9.93. The minimum absolute atomic E-state index is 0.0416. The van der Waals surface area contributed by atoms with Gasteiger partial charge in [-0.2, -0.15) is 0 Å². The van der Waals surface area contributed by atoms with Crippen molar-refractivity contribution in [3.8, 4) is 0 Å². The van der Waals surface area contributed by atoms with E-state index in [1.54, 1.807) is 6.92 Å². The van der Waals surface area contributed by atoms with E-state index in [0.29, 0.717) is 19.8 Å². The van der Waals surface area contributed by atoms with Gasteiger partial charge < -0.3 is 14.0 Å². The summed E-state index contributed by atoms with van der Waals surface area (Å²) in [6, 6.07) is 3.85. The molecule has 0 bridgehead atoms. The van der Waals surface area contributed by atoms with Gasteiger partial charge in [0.05, 0.1) is 13.2 Å². The molecule has 0 aromatic carbocycles. The van der Waals surface area contributed by atoms with Gasteiger partial charge in [0.1, 0.15) is 13.0 Å². The number of carbonyl (C=O) groups excluding carboxylic acids is 2. The second-order valence-corrected chi connectivity index (χ2v) is 3.49. The molecule has 0 aliphatic heterocycles. The Morgan fingerprint density at radius 1 is 1.24 bits per heavy atom. The molecule has 1 aromatic heterocycles. The second-order valence-electron chi connectivity index (χ2n) is 3.49. The fraction of sp³-hybridized carbons (Fsp3) is 0.500. The van der Waals surface area contributed by atoms with Crippen LogP contribution in [0.25, 0.3) is 0 Å². The van der Waals surface area contributed by atoms with E-state index in [2.05, 4.69) is 4.74 Å². The van der Waals surface area contributed by atoms with Crippen LogP contribution in [0.1, 0.15) is 13.3 Å². The molecule has 5 nitrogen and oxygen atoms in total. The molecule has 1 rings (SSSR count). The predicted molar refractivity (Wildman–Crippen MR) is 61.5 cm³/mol. The Labute approximate surface area is 100 Å². The summed E-state index contributed by atoms with van der Waals surface area (Å²) in [4.78, 5) is 22.2. The van der Waals surface area contributed by atoms with Crippen molar-refractivity contribution in [3.63, 3.8) is 0 Å². The second kappa shape index (κ2) is 7.62. The van der Waals surface area contributed by atoms with Gasteiger partial charge in [-0.1, -0.05) is 0 Å². The number of hydrogen-bond donors (Lipinski definition) is 0. The third-order valence-corrected chi connectivity index (χ3v) is 2.07. The molecular formula is C12H17NO4. The quantitative estimate of drug-likeness (QED) is 0.386. The standard InChI is InChI=1S/C12H17NO4/c1-2-17-12(15)9-11(14)10-16-8-7-13-5-3-4-6-13/h3-6H,2,7-10H2,1H3. The smallest absolute Gasteiger partial charge is 0.313 e. The lowest BCUT2D eigenvalue weighted by Gasteiger charge is -2.04. The Kier molecular flexibility index (Phi) is 6.03. The number of rotatable bonds is 8. The number of carbonyl (C=O) groups is 2. The number of ketones is 1. The number of aromatic nitrogens is 1. The van der Waals surface area contributed by atoms with E-state index in [-0.39, 0.29) is 18.8 Å². The zero-order valence-corrected chi connectivity index (χ0v) is 9.93. The first-order chi connectivity index (χ1) is 8.22. The minimum Gasteiger partial charge on any atom is -0.466 e. The number of ether oxygens (including phenoxy) is 2. The average molecular weight is 239 g/mol. The molecule has 0 amide bonds. The fourth-order valence-corrected chi connectivity index (χ4v) is 1.30. The largest absolute Gasteiger partial charge is 0.466 e. The molecule has 1 aromatic rings. The maximum Gasteiger partial charge on any atom is 0.313 e. The van der Waals surface area contributed by atoms with Crippen molar-refractivity contribution in [3.05, 3.63) is 24.5 Å². The van der Waals surface area contributed by atoms with E-state index in [0.717, 1.165) is 0 Å². The Morgan fingerprint density at radius 2 is 1.94 bits per heavy atom. The predicted octanol–water partition coefficient (Wildman–Crippen LogP) is 1.03. The van der Waals surface area contributed by atoms with Crippen LogP contribution in [-0.4, -0.2) is 36.1 Å². The first kappa shape index (κ1) is 13.4. The van der Waals surface area contributed by atoms with E-state index in [1.165, 1.54) is 0 Å². The molecular weight excluding hydrogens is 222 g/mol. The van der Waals surface area contributed by atoms with Crippen molar-refractivity contribution in [1.29, 1.82) is 0 Å². The topological polar surface area (TPSA) is 57.5 Å². The van der Waals surface area contributed by atoms with Crippen LogP contribution in [0.2, 0.25) is 0 Å². The highest BCUT2D eigenvalue weighted by Gasteiger charge is 2.09. The monoisotopic (exact) mass is 239 g/mol. The molecule has 0 unspecified atom stereocenters. The summed E-state index contributed by atoms with van der Waals surface area (Å²) in [7, 11) is 0. The first-order valence-corrected chi connectivity index (χ1v) is 5.58. The van der Waals surface area contributed by atoms with Crippen LogP contribution in [0.4, 0.5) is 0 Å². The van der Waals surface area contributed by atoms with Gasteiger partial charge in [-0.3, -0.25) is 9.59 Å². The maximum absolute atomic E-state index is 11.3. The van der Waals surface area contributed by atoms with Crippen LogP contribution >= 0.6 is 0 Å². The van der Waals surface area contributed by atoms with E-state index in [9.17, 15) is 9.59 Å². The maximum atomic E-state index is 11.3. The van der Waals surface area contributed by atoms with E-state index < -0.39 is 5.97 Å². The van der Waals surface area contributed by atoms with Crippen molar-refractivity contribution >= 4 is 11.8 Å². The summed E-state index contributed by atoms with van der Waals surface area (Å²) in [5.41, 5.74) is 0. The molecule has 0 saturated heterocycles. The van der Waals surface area contributed by atoms with Crippen LogP contribution < -0.4 is 0 Å². The van der Waals surface area contributed by atoms with Gasteiger partial charge in [-0.15, -0.1) is 0 Å². The highest BCUT2D eigenvalue weighted by Crippen LogP contribution is 1.93. The van der Waals surface area contributed by atoms with Crippen molar-refractivity contribution in [2.45, 2.75) is 19.9 Å². The van der Waals surface area contributed by atoms with Gasteiger partial charge in [-0.25, -0.2) is 0 Å². The number of esters is 1. The van der Waals surface area contributed by atoms with Gasteiger partial charge in [0.15, 0.2) is 5.78 Å². The Bertz CT molecular complexity index is 345. The van der Waals surface area contributed by atoms with E-state index >= 15 is 0 Å². The summed E-state index contributed by atoms with van der Waals surface area (Å²) in [6.07, 6.45) is 3.63. The van der Waals surface area contributed by atoms with Crippen molar-refractivity contribution < 1.29 is 19.1 Å². The first-order valence-electron chi connectivity index (χ1n) is 5.58. The molecule has 0 atom stereocenters. The third-order valence-electron chi connectivity index (χ3n) is 2.07. The van der Waals surface area contributed by atoms with Crippen LogP contribution in [0.5, 0.6) is 0 Å². The highest BCUT2D eigenvalue weighted by atomic mass is 16.5.